The van der Waals surface area contributed by atoms with Gasteiger partial charge in [0.15, 0.2) is 5.82 Å². The minimum Gasteiger partial charge on any atom is -0.548 e. The van der Waals surface area contributed by atoms with Gasteiger partial charge in [0.25, 0.3) is 0 Å². The third-order valence-electron chi connectivity index (χ3n) is 3.41. The summed E-state index contributed by atoms with van der Waals surface area (Å²) in [5.41, 5.74) is 1.49. The largest absolute Gasteiger partial charge is 0.548 e. The van der Waals surface area contributed by atoms with Crippen LogP contribution in [0.3, 0.4) is 0 Å². The summed E-state index contributed by atoms with van der Waals surface area (Å²) < 4.78 is 0. The summed E-state index contributed by atoms with van der Waals surface area (Å²) in [5, 5.41) is 23.6. The second-order valence-electron chi connectivity index (χ2n) is 4.98. The third-order valence-corrected chi connectivity index (χ3v) is 3.41. The highest BCUT2D eigenvalue weighted by molar-refractivity contribution is 5.92. The number of fused-ring (bicyclic) bond motifs is 1. The molecule has 23 heavy (non-hydrogen) atoms. The number of rotatable bonds is 5. The Morgan fingerprint density at radius 2 is 1.78 bits per heavy atom. The summed E-state index contributed by atoms with van der Waals surface area (Å²) in [6, 6.07) is 15.4. The standard InChI is InChI=1S/C17H15N3O3/c21-10-14(17(22)23)19-16-12-8-4-5-9-13(12)18-15(20-16)11-6-2-1-3-7-11/h1-9,14,21H,10H2,(H,22,23)(H,18,19,20)/p-1/t14-/m0/s1. The molecule has 0 radical (unpaired) electrons. The van der Waals surface area contributed by atoms with Gasteiger partial charge in [0, 0.05) is 10.9 Å². The summed E-state index contributed by atoms with van der Waals surface area (Å²) >= 11 is 0. The highest BCUT2D eigenvalue weighted by Gasteiger charge is 2.14. The van der Waals surface area contributed by atoms with E-state index in [0.29, 0.717) is 22.5 Å². The Labute approximate surface area is 132 Å². The molecule has 0 aliphatic carbocycles. The van der Waals surface area contributed by atoms with Gasteiger partial charge in [-0.3, -0.25) is 0 Å². The first kappa shape index (κ1) is 14.9. The maximum Gasteiger partial charge on any atom is 0.162 e. The summed E-state index contributed by atoms with van der Waals surface area (Å²) in [4.78, 5) is 20.0. The van der Waals surface area contributed by atoms with E-state index in [1.807, 2.05) is 48.5 Å². The summed E-state index contributed by atoms with van der Waals surface area (Å²) in [6.45, 7) is -0.596. The monoisotopic (exact) mass is 308 g/mol. The molecule has 0 bridgehead atoms. The van der Waals surface area contributed by atoms with Gasteiger partial charge >= 0.3 is 0 Å². The van der Waals surface area contributed by atoms with Gasteiger partial charge in [-0.25, -0.2) is 9.97 Å². The van der Waals surface area contributed by atoms with Crippen molar-refractivity contribution in [1.29, 1.82) is 0 Å². The Bertz CT molecular complexity index is 837. The minimum atomic E-state index is -1.39. The van der Waals surface area contributed by atoms with E-state index in [2.05, 4.69) is 15.3 Å². The lowest BCUT2D eigenvalue weighted by molar-refractivity contribution is -0.307. The van der Waals surface area contributed by atoms with Crippen molar-refractivity contribution in [3.05, 3.63) is 54.6 Å². The fraction of sp³-hybridized carbons (Fsp3) is 0.118. The summed E-state index contributed by atoms with van der Waals surface area (Å²) in [5.74, 6) is -0.573. The van der Waals surface area contributed by atoms with Gasteiger partial charge in [0.1, 0.15) is 5.82 Å². The molecular weight excluding hydrogens is 294 g/mol. The van der Waals surface area contributed by atoms with Crippen LogP contribution in [-0.2, 0) is 4.79 Å². The number of hydrogen-bond donors (Lipinski definition) is 2. The van der Waals surface area contributed by atoms with Gasteiger partial charge in [-0.2, -0.15) is 0 Å². The molecule has 116 valence electrons. The van der Waals surface area contributed by atoms with Crippen molar-refractivity contribution in [3.63, 3.8) is 0 Å². The number of aromatic nitrogens is 2. The van der Waals surface area contributed by atoms with Crippen molar-refractivity contribution >= 4 is 22.7 Å². The number of para-hydroxylation sites is 1. The van der Waals surface area contributed by atoms with Crippen LogP contribution in [0.15, 0.2) is 54.6 Å². The van der Waals surface area contributed by atoms with Gasteiger partial charge in [-0.05, 0) is 12.1 Å². The summed E-state index contributed by atoms with van der Waals surface area (Å²) in [6.07, 6.45) is 0. The van der Waals surface area contributed by atoms with E-state index in [9.17, 15) is 15.0 Å². The highest BCUT2D eigenvalue weighted by Crippen LogP contribution is 2.25. The van der Waals surface area contributed by atoms with Crippen LogP contribution in [0.1, 0.15) is 0 Å². The zero-order valence-corrected chi connectivity index (χ0v) is 12.1. The maximum atomic E-state index is 11.0. The van der Waals surface area contributed by atoms with E-state index < -0.39 is 18.6 Å². The topological polar surface area (TPSA) is 98.2 Å². The quantitative estimate of drug-likeness (QED) is 0.724. The average Bonchev–Trinajstić information content (AvgIpc) is 2.59. The number of nitrogens with one attached hydrogen (secondary N) is 1. The Hall–Kier alpha value is -2.99. The van der Waals surface area contributed by atoms with Crippen LogP contribution in [-0.4, -0.2) is 33.7 Å². The van der Waals surface area contributed by atoms with Gasteiger partial charge in [0.05, 0.1) is 24.1 Å². The number of nitrogens with zero attached hydrogens (tertiary/aromatic N) is 2. The third kappa shape index (κ3) is 3.12. The lowest BCUT2D eigenvalue weighted by atomic mass is 10.1. The van der Waals surface area contributed by atoms with Crippen molar-refractivity contribution in [2.24, 2.45) is 0 Å². The first-order valence-corrected chi connectivity index (χ1v) is 7.09. The lowest BCUT2D eigenvalue weighted by Crippen LogP contribution is -2.43. The van der Waals surface area contributed by atoms with Gasteiger partial charge in [0.2, 0.25) is 0 Å². The zero-order valence-electron chi connectivity index (χ0n) is 12.1. The zero-order chi connectivity index (χ0) is 16.2. The highest BCUT2D eigenvalue weighted by atomic mass is 16.4. The molecule has 1 atom stereocenters. The smallest absolute Gasteiger partial charge is 0.162 e. The number of hydrogen-bond acceptors (Lipinski definition) is 6. The van der Waals surface area contributed by atoms with E-state index in [0.717, 1.165) is 5.56 Å². The molecule has 2 aromatic carbocycles. The molecule has 0 fully saturated rings. The predicted molar refractivity (Wildman–Crippen MR) is 84.5 cm³/mol. The van der Waals surface area contributed by atoms with Crippen LogP contribution in [0, 0.1) is 0 Å². The summed E-state index contributed by atoms with van der Waals surface area (Å²) in [7, 11) is 0. The van der Waals surface area contributed by atoms with Crippen LogP contribution >= 0.6 is 0 Å². The van der Waals surface area contributed by atoms with E-state index in [-0.39, 0.29) is 0 Å². The molecule has 0 spiro atoms. The van der Waals surface area contributed by atoms with Gasteiger partial charge < -0.3 is 20.3 Å². The second-order valence-corrected chi connectivity index (χ2v) is 4.98. The lowest BCUT2D eigenvalue weighted by Gasteiger charge is -2.19. The number of benzene rings is 2. The number of carboxylic acid groups (broad SMARTS) is 1. The van der Waals surface area contributed by atoms with E-state index in [1.54, 1.807) is 6.07 Å². The van der Waals surface area contributed by atoms with Crippen LogP contribution in [0.4, 0.5) is 5.82 Å². The van der Waals surface area contributed by atoms with Gasteiger partial charge in [-0.1, -0.05) is 42.5 Å². The number of aliphatic carboxylic acids is 1. The molecule has 0 amide bonds. The Kier molecular flexibility index (Phi) is 4.16. The molecule has 1 heterocycles. The molecule has 0 unspecified atom stereocenters. The van der Waals surface area contributed by atoms with E-state index >= 15 is 0 Å². The van der Waals surface area contributed by atoms with Crippen LogP contribution in [0.5, 0.6) is 0 Å². The molecule has 6 nitrogen and oxygen atoms in total. The van der Waals surface area contributed by atoms with Gasteiger partial charge in [-0.15, -0.1) is 0 Å². The molecule has 2 N–H and O–H groups in total. The molecule has 3 rings (SSSR count). The maximum absolute atomic E-state index is 11.0. The molecule has 1 aromatic heterocycles. The van der Waals surface area contributed by atoms with E-state index in [1.165, 1.54) is 0 Å². The van der Waals surface area contributed by atoms with Crippen LogP contribution < -0.4 is 10.4 Å². The number of carbonyl (C=O) groups is 1. The molecule has 0 aliphatic rings. The van der Waals surface area contributed by atoms with Crippen LogP contribution in [0.2, 0.25) is 0 Å². The molecular formula is C17H14N3O3-. The predicted octanol–water partition coefficient (Wildman–Crippen LogP) is 0.819. The normalized spacial score (nSPS) is 12.0. The van der Waals surface area contributed by atoms with Crippen molar-refractivity contribution in [3.8, 4) is 11.4 Å². The number of aliphatic hydroxyl groups excluding tert-OH is 1. The van der Waals surface area contributed by atoms with Crippen LogP contribution in [0.25, 0.3) is 22.3 Å². The van der Waals surface area contributed by atoms with Crippen molar-refractivity contribution in [1.82, 2.24) is 9.97 Å². The molecule has 3 aromatic rings. The van der Waals surface area contributed by atoms with E-state index in [4.69, 9.17) is 0 Å². The second kappa shape index (κ2) is 6.41. The number of carboxylic acids is 1. The van der Waals surface area contributed by atoms with Crippen molar-refractivity contribution < 1.29 is 15.0 Å². The number of anilines is 1. The number of carbonyl (C=O) groups excluding carboxylic acids is 1. The van der Waals surface area contributed by atoms with Crippen molar-refractivity contribution in [2.75, 3.05) is 11.9 Å². The fourth-order valence-corrected chi connectivity index (χ4v) is 2.25. The Morgan fingerprint density at radius 3 is 2.48 bits per heavy atom. The minimum absolute atomic E-state index is 0.345. The Morgan fingerprint density at radius 1 is 1.09 bits per heavy atom. The fourth-order valence-electron chi connectivity index (χ4n) is 2.25. The first-order valence-electron chi connectivity index (χ1n) is 7.09. The first-order chi connectivity index (χ1) is 11.2. The average molecular weight is 308 g/mol. The molecule has 0 saturated carbocycles. The van der Waals surface area contributed by atoms with Crippen molar-refractivity contribution in [2.45, 2.75) is 6.04 Å². The Balaban J connectivity index is 2.13. The number of aliphatic hydroxyl groups is 1. The molecule has 6 heteroatoms. The molecule has 0 aliphatic heterocycles. The SMILES string of the molecule is O=C([O-])[C@H](CO)Nc1nc(-c2ccccc2)nc2ccccc12. The molecule has 0 saturated heterocycles.